The number of halogens is 1. The highest BCUT2D eigenvalue weighted by Gasteiger charge is 2.11. The number of fused-ring (bicyclic) bond motifs is 1. The molecule has 0 aliphatic heterocycles. The van der Waals surface area contributed by atoms with E-state index in [-0.39, 0.29) is 6.04 Å². The van der Waals surface area contributed by atoms with Crippen molar-refractivity contribution < 1.29 is 0 Å². The third kappa shape index (κ3) is 2.21. The van der Waals surface area contributed by atoms with Gasteiger partial charge in [-0.15, -0.1) is 11.3 Å². The summed E-state index contributed by atoms with van der Waals surface area (Å²) in [6, 6.07) is 5.93. The molecule has 3 aromatic rings. The molecule has 2 aromatic heterocycles. The summed E-state index contributed by atoms with van der Waals surface area (Å²) in [6.07, 6.45) is 1.81. The van der Waals surface area contributed by atoms with Crippen molar-refractivity contribution in [2.45, 2.75) is 13.0 Å². The van der Waals surface area contributed by atoms with Crippen LogP contribution < -0.4 is 5.32 Å². The summed E-state index contributed by atoms with van der Waals surface area (Å²) < 4.78 is 1.02. The molecule has 0 radical (unpaired) electrons. The normalized spacial score (nSPS) is 12.8. The fourth-order valence-electron chi connectivity index (χ4n) is 1.67. The van der Waals surface area contributed by atoms with Crippen LogP contribution in [0.3, 0.4) is 0 Å². The Bertz CT molecular complexity index is 663. The Morgan fingerprint density at radius 2 is 2.28 bits per heavy atom. The molecule has 0 amide bonds. The minimum atomic E-state index is 0.157. The monoisotopic (exact) mass is 295 g/mol. The zero-order valence-corrected chi connectivity index (χ0v) is 11.9. The molecule has 0 fully saturated rings. The van der Waals surface area contributed by atoms with Crippen molar-refractivity contribution >= 4 is 49.6 Å². The summed E-state index contributed by atoms with van der Waals surface area (Å²) in [7, 11) is 0. The van der Waals surface area contributed by atoms with Crippen LogP contribution in [0.1, 0.15) is 18.0 Å². The van der Waals surface area contributed by atoms with Gasteiger partial charge in [0.05, 0.1) is 21.3 Å². The summed E-state index contributed by atoms with van der Waals surface area (Å²) in [5, 5.41) is 8.01. The van der Waals surface area contributed by atoms with E-state index in [0.717, 1.165) is 25.4 Å². The van der Waals surface area contributed by atoms with E-state index in [4.69, 9.17) is 11.6 Å². The number of nitrogens with zero attached hydrogens (tertiary/aromatic N) is 2. The molecule has 0 aliphatic rings. The van der Waals surface area contributed by atoms with Gasteiger partial charge in [-0.1, -0.05) is 29.0 Å². The SMILES string of the molecule is CC(Nc1nc2cccc(Cl)c2s1)c1nccs1. The van der Waals surface area contributed by atoms with Crippen LogP contribution in [0.4, 0.5) is 5.13 Å². The first-order valence-corrected chi connectivity index (χ1v) is 7.52. The van der Waals surface area contributed by atoms with Crippen LogP contribution in [-0.2, 0) is 0 Å². The van der Waals surface area contributed by atoms with Gasteiger partial charge in [-0.25, -0.2) is 9.97 Å². The van der Waals surface area contributed by atoms with E-state index in [2.05, 4.69) is 22.2 Å². The summed E-state index contributed by atoms with van der Waals surface area (Å²) >= 11 is 9.35. The zero-order chi connectivity index (χ0) is 12.5. The van der Waals surface area contributed by atoms with Gasteiger partial charge < -0.3 is 5.32 Å². The van der Waals surface area contributed by atoms with E-state index in [1.165, 1.54) is 0 Å². The largest absolute Gasteiger partial charge is 0.353 e. The smallest absolute Gasteiger partial charge is 0.184 e. The summed E-state index contributed by atoms with van der Waals surface area (Å²) in [4.78, 5) is 8.81. The molecule has 1 atom stereocenters. The molecule has 1 aromatic carbocycles. The summed E-state index contributed by atoms with van der Waals surface area (Å²) in [5.41, 5.74) is 0.932. The standard InChI is InChI=1S/C12H10ClN3S2/c1-7(11-14-5-6-17-11)15-12-16-9-4-2-3-8(13)10(9)18-12/h2-7H,1H3,(H,15,16). The van der Waals surface area contributed by atoms with Crippen molar-refractivity contribution in [3.63, 3.8) is 0 Å². The highest BCUT2D eigenvalue weighted by atomic mass is 35.5. The van der Waals surface area contributed by atoms with Crippen molar-refractivity contribution in [2.75, 3.05) is 5.32 Å². The molecule has 6 heteroatoms. The lowest BCUT2D eigenvalue weighted by Gasteiger charge is -2.08. The maximum atomic E-state index is 6.14. The number of benzene rings is 1. The average molecular weight is 296 g/mol. The van der Waals surface area contributed by atoms with Gasteiger partial charge in [0.1, 0.15) is 5.01 Å². The van der Waals surface area contributed by atoms with E-state index in [0.29, 0.717) is 0 Å². The lowest BCUT2D eigenvalue weighted by molar-refractivity contribution is 0.868. The third-order valence-corrected chi connectivity index (χ3v) is 4.95. The van der Waals surface area contributed by atoms with Crippen molar-refractivity contribution in [3.05, 3.63) is 39.8 Å². The molecule has 18 heavy (non-hydrogen) atoms. The second kappa shape index (κ2) is 4.84. The molecule has 3 rings (SSSR count). The molecule has 1 unspecified atom stereocenters. The van der Waals surface area contributed by atoms with Gasteiger partial charge in [-0.2, -0.15) is 0 Å². The van der Waals surface area contributed by atoms with Crippen LogP contribution in [0.5, 0.6) is 0 Å². The first kappa shape index (κ1) is 11.9. The van der Waals surface area contributed by atoms with E-state index >= 15 is 0 Å². The fraction of sp³-hybridized carbons (Fsp3) is 0.167. The maximum absolute atomic E-state index is 6.14. The first-order chi connectivity index (χ1) is 8.74. The molecule has 92 valence electrons. The second-order valence-corrected chi connectivity index (χ2v) is 6.18. The second-order valence-electron chi connectivity index (χ2n) is 3.84. The van der Waals surface area contributed by atoms with Gasteiger partial charge >= 0.3 is 0 Å². The maximum Gasteiger partial charge on any atom is 0.184 e. The predicted molar refractivity (Wildman–Crippen MR) is 78.8 cm³/mol. The van der Waals surface area contributed by atoms with E-state index < -0.39 is 0 Å². The molecule has 3 nitrogen and oxygen atoms in total. The number of nitrogens with one attached hydrogen (secondary N) is 1. The molecular formula is C12H10ClN3S2. The van der Waals surface area contributed by atoms with Gasteiger partial charge in [0.2, 0.25) is 0 Å². The topological polar surface area (TPSA) is 37.8 Å². The van der Waals surface area contributed by atoms with Crippen LogP contribution in [0, 0.1) is 0 Å². The Labute approximate surface area is 117 Å². The quantitative estimate of drug-likeness (QED) is 0.768. The third-order valence-electron chi connectivity index (χ3n) is 2.53. The Morgan fingerprint density at radius 3 is 3.00 bits per heavy atom. The number of anilines is 1. The van der Waals surface area contributed by atoms with E-state index in [1.807, 2.05) is 29.8 Å². The zero-order valence-electron chi connectivity index (χ0n) is 9.55. The van der Waals surface area contributed by atoms with Gasteiger partial charge in [0.15, 0.2) is 5.13 Å². The Hall–Kier alpha value is -1.17. The Morgan fingerprint density at radius 1 is 1.39 bits per heavy atom. The molecule has 1 N–H and O–H groups in total. The van der Waals surface area contributed by atoms with Crippen molar-refractivity contribution in [3.8, 4) is 0 Å². The molecule has 0 bridgehead atoms. The Kier molecular flexibility index (Phi) is 3.20. The number of thiazole rings is 2. The molecule has 2 heterocycles. The van der Waals surface area contributed by atoms with Crippen LogP contribution in [-0.4, -0.2) is 9.97 Å². The summed E-state index contributed by atoms with van der Waals surface area (Å²) in [5.74, 6) is 0. The number of aromatic nitrogens is 2. The van der Waals surface area contributed by atoms with Crippen molar-refractivity contribution in [1.29, 1.82) is 0 Å². The highest BCUT2D eigenvalue weighted by molar-refractivity contribution is 7.22. The molecule has 0 aliphatic carbocycles. The molecular weight excluding hydrogens is 286 g/mol. The van der Waals surface area contributed by atoms with Crippen LogP contribution in [0.2, 0.25) is 5.02 Å². The predicted octanol–water partition coefficient (Wildman–Crippen LogP) is 4.58. The first-order valence-electron chi connectivity index (χ1n) is 5.45. The molecule has 0 spiro atoms. The number of rotatable bonds is 3. The Balaban J connectivity index is 1.89. The van der Waals surface area contributed by atoms with Crippen molar-refractivity contribution in [2.24, 2.45) is 0 Å². The van der Waals surface area contributed by atoms with E-state index in [9.17, 15) is 0 Å². The van der Waals surface area contributed by atoms with Gasteiger partial charge in [0.25, 0.3) is 0 Å². The molecule has 0 saturated carbocycles. The lowest BCUT2D eigenvalue weighted by Crippen LogP contribution is -2.05. The van der Waals surface area contributed by atoms with Crippen molar-refractivity contribution in [1.82, 2.24) is 9.97 Å². The van der Waals surface area contributed by atoms with Gasteiger partial charge in [0, 0.05) is 11.6 Å². The number of hydrogen-bond donors (Lipinski definition) is 1. The van der Waals surface area contributed by atoms with E-state index in [1.54, 1.807) is 22.7 Å². The van der Waals surface area contributed by atoms with Crippen LogP contribution in [0.15, 0.2) is 29.8 Å². The summed E-state index contributed by atoms with van der Waals surface area (Å²) in [6.45, 7) is 2.08. The van der Waals surface area contributed by atoms with Gasteiger partial charge in [-0.05, 0) is 19.1 Å². The lowest BCUT2D eigenvalue weighted by atomic mass is 10.3. The molecule has 0 saturated heterocycles. The highest BCUT2D eigenvalue weighted by Crippen LogP contribution is 2.33. The van der Waals surface area contributed by atoms with Gasteiger partial charge in [-0.3, -0.25) is 0 Å². The van der Waals surface area contributed by atoms with Crippen LogP contribution >= 0.6 is 34.3 Å². The van der Waals surface area contributed by atoms with Crippen LogP contribution in [0.25, 0.3) is 10.2 Å². The fourth-order valence-corrected chi connectivity index (χ4v) is 3.56. The minimum Gasteiger partial charge on any atom is -0.353 e. The average Bonchev–Trinajstić information content (AvgIpc) is 2.97. The number of hydrogen-bond acceptors (Lipinski definition) is 5. The minimum absolute atomic E-state index is 0.157.